The summed E-state index contributed by atoms with van der Waals surface area (Å²) < 4.78 is 0.950. The van der Waals surface area contributed by atoms with E-state index in [4.69, 9.17) is 0 Å². The van der Waals surface area contributed by atoms with Gasteiger partial charge in [-0.05, 0) is 31.0 Å². The maximum absolute atomic E-state index is 12.2. The summed E-state index contributed by atoms with van der Waals surface area (Å²) in [7, 11) is 0. The SMILES string of the molecule is CCCNc1cnc(C(=O)Nc2cccc(Br)c2C)cn1. The molecule has 21 heavy (non-hydrogen) atoms. The number of carbonyl (C=O) groups excluding carboxylic acids is 1. The van der Waals surface area contributed by atoms with Gasteiger partial charge in [0.1, 0.15) is 11.5 Å². The van der Waals surface area contributed by atoms with Crippen LogP contribution in [0.1, 0.15) is 29.4 Å². The van der Waals surface area contributed by atoms with Crippen LogP contribution in [0.25, 0.3) is 0 Å². The molecular weight excluding hydrogens is 332 g/mol. The molecule has 1 heterocycles. The lowest BCUT2D eigenvalue weighted by molar-refractivity contribution is 0.102. The van der Waals surface area contributed by atoms with Gasteiger partial charge in [0.15, 0.2) is 0 Å². The van der Waals surface area contributed by atoms with Crippen LogP contribution < -0.4 is 10.6 Å². The molecule has 0 saturated heterocycles. The van der Waals surface area contributed by atoms with Gasteiger partial charge in [0, 0.05) is 16.7 Å². The van der Waals surface area contributed by atoms with E-state index in [1.54, 1.807) is 6.20 Å². The molecule has 2 rings (SSSR count). The lowest BCUT2D eigenvalue weighted by atomic mass is 10.2. The Bertz CT molecular complexity index is 628. The Morgan fingerprint density at radius 1 is 1.29 bits per heavy atom. The first-order chi connectivity index (χ1) is 10.1. The van der Waals surface area contributed by atoms with Crippen molar-refractivity contribution >= 4 is 33.3 Å². The van der Waals surface area contributed by atoms with Crippen LogP contribution in [0.4, 0.5) is 11.5 Å². The number of amides is 1. The second kappa shape index (κ2) is 7.17. The summed E-state index contributed by atoms with van der Waals surface area (Å²) in [5.41, 5.74) is 2.01. The largest absolute Gasteiger partial charge is 0.369 e. The van der Waals surface area contributed by atoms with Crippen LogP contribution in [0.3, 0.4) is 0 Å². The second-order valence-electron chi connectivity index (χ2n) is 4.58. The molecular formula is C15H17BrN4O. The van der Waals surface area contributed by atoms with Gasteiger partial charge >= 0.3 is 0 Å². The zero-order chi connectivity index (χ0) is 15.2. The van der Waals surface area contributed by atoms with Gasteiger partial charge in [-0.15, -0.1) is 0 Å². The van der Waals surface area contributed by atoms with E-state index in [1.807, 2.05) is 25.1 Å². The minimum Gasteiger partial charge on any atom is -0.369 e. The normalized spacial score (nSPS) is 10.2. The summed E-state index contributed by atoms with van der Waals surface area (Å²) in [4.78, 5) is 20.5. The Labute approximate surface area is 132 Å². The summed E-state index contributed by atoms with van der Waals surface area (Å²) in [6.45, 7) is 4.84. The third-order valence-corrected chi connectivity index (χ3v) is 3.82. The van der Waals surface area contributed by atoms with E-state index >= 15 is 0 Å². The Morgan fingerprint density at radius 3 is 2.76 bits per heavy atom. The molecule has 0 spiro atoms. The fourth-order valence-electron chi connectivity index (χ4n) is 1.72. The van der Waals surface area contributed by atoms with Gasteiger partial charge in [-0.1, -0.05) is 28.9 Å². The first kappa shape index (κ1) is 15.4. The number of benzene rings is 1. The number of hydrogen-bond donors (Lipinski definition) is 2. The van der Waals surface area contributed by atoms with E-state index in [1.165, 1.54) is 6.20 Å². The highest BCUT2D eigenvalue weighted by molar-refractivity contribution is 9.10. The molecule has 110 valence electrons. The zero-order valence-corrected chi connectivity index (χ0v) is 13.6. The summed E-state index contributed by atoms with van der Waals surface area (Å²) in [5, 5.41) is 5.95. The molecule has 0 radical (unpaired) electrons. The number of rotatable bonds is 5. The maximum Gasteiger partial charge on any atom is 0.275 e. The van der Waals surface area contributed by atoms with Crippen molar-refractivity contribution in [2.24, 2.45) is 0 Å². The zero-order valence-electron chi connectivity index (χ0n) is 12.0. The molecule has 2 aromatic rings. The number of nitrogens with one attached hydrogen (secondary N) is 2. The number of hydrogen-bond acceptors (Lipinski definition) is 4. The Morgan fingerprint density at radius 2 is 2.10 bits per heavy atom. The van der Waals surface area contributed by atoms with Gasteiger partial charge in [-0.25, -0.2) is 9.97 Å². The van der Waals surface area contributed by atoms with Gasteiger partial charge in [0.2, 0.25) is 0 Å². The van der Waals surface area contributed by atoms with Crippen molar-refractivity contribution < 1.29 is 4.79 Å². The van der Waals surface area contributed by atoms with Crippen LogP contribution in [0.15, 0.2) is 35.1 Å². The van der Waals surface area contributed by atoms with Crippen LogP contribution in [0, 0.1) is 6.92 Å². The smallest absolute Gasteiger partial charge is 0.275 e. The summed E-state index contributed by atoms with van der Waals surface area (Å²) in [6.07, 6.45) is 4.05. The minimum absolute atomic E-state index is 0.272. The standard InChI is InChI=1S/C15H17BrN4O/c1-3-7-17-14-9-18-13(8-19-14)15(21)20-12-6-4-5-11(16)10(12)2/h4-6,8-9H,3,7H2,1-2H3,(H,17,19)(H,20,21). The first-order valence-corrected chi connectivity index (χ1v) is 7.53. The van der Waals surface area contributed by atoms with Crippen molar-refractivity contribution in [1.82, 2.24) is 9.97 Å². The van der Waals surface area contributed by atoms with E-state index in [2.05, 4.69) is 43.5 Å². The van der Waals surface area contributed by atoms with Crippen molar-refractivity contribution in [3.63, 3.8) is 0 Å². The van der Waals surface area contributed by atoms with E-state index in [0.717, 1.165) is 28.7 Å². The molecule has 0 saturated carbocycles. The van der Waals surface area contributed by atoms with E-state index in [0.29, 0.717) is 5.82 Å². The predicted octanol–water partition coefficient (Wildman–Crippen LogP) is 3.62. The number of aromatic nitrogens is 2. The summed E-state index contributed by atoms with van der Waals surface area (Å²) >= 11 is 3.44. The van der Waals surface area contributed by atoms with Crippen molar-refractivity contribution in [3.8, 4) is 0 Å². The third-order valence-electron chi connectivity index (χ3n) is 2.96. The number of nitrogens with zero attached hydrogens (tertiary/aromatic N) is 2. The highest BCUT2D eigenvalue weighted by Gasteiger charge is 2.10. The van der Waals surface area contributed by atoms with E-state index < -0.39 is 0 Å². The Kier molecular flexibility index (Phi) is 5.27. The Hall–Kier alpha value is -1.95. The van der Waals surface area contributed by atoms with Crippen LogP contribution in [0.2, 0.25) is 0 Å². The van der Waals surface area contributed by atoms with Crippen molar-refractivity contribution in [3.05, 3.63) is 46.3 Å². The first-order valence-electron chi connectivity index (χ1n) is 6.74. The number of halogens is 1. The molecule has 2 N–H and O–H groups in total. The Balaban J connectivity index is 2.08. The van der Waals surface area contributed by atoms with Gasteiger partial charge in [-0.3, -0.25) is 4.79 Å². The molecule has 5 nitrogen and oxygen atoms in total. The molecule has 1 amide bonds. The van der Waals surface area contributed by atoms with Crippen molar-refractivity contribution in [2.75, 3.05) is 17.2 Å². The van der Waals surface area contributed by atoms with Crippen LogP contribution in [-0.2, 0) is 0 Å². The van der Waals surface area contributed by atoms with Crippen LogP contribution in [-0.4, -0.2) is 22.4 Å². The topological polar surface area (TPSA) is 66.9 Å². The molecule has 1 aromatic carbocycles. The highest BCUT2D eigenvalue weighted by atomic mass is 79.9. The lowest BCUT2D eigenvalue weighted by Crippen LogP contribution is -2.15. The molecule has 0 aliphatic rings. The molecule has 0 fully saturated rings. The molecule has 0 aliphatic heterocycles. The van der Waals surface area contributed by atoms with Crippen LogP contribution >= 0.6 is 15.9 Å². The van der Waals surface area contributed by atoms with E-state index in [-0.39, 0.29) is 11.6 Å². The molecule has 1 aromatic heterocycles. The molecule has 0 bridgehead atoms. The second-order valence-corrected chi connectivity index (χ2v) is 5.43. The molecule has 0 unspecified atom stereocenters. The number of anilines is 2. The fraction of sp³-hybridized carbons (Fsp3) is 0.267. The summed E-state index contributed by atoms with van der Waals surface area (Å²) in [6, 6.07) is 5.65. The molecule has 6 heteroatoms. The van der Waals surface area contributed by atoms with Gasteiger partial charge in [0.05, 0.1) is 12.4 Å². The van der Waals surface area contributed by atoms with E-state index in [9.17, 15) is 4.79 Å². The highest BCUT2D eigenvalue weighted by Crippen LogP contribution is 2.23. The molecule has 0 atom stereocenters. The quantitative estimate of drug-likeness (QED) is 0.865. The minimum atomic E-state index is -0.272. The third kappa shape index (κ3) is 4.01. The fourth-order valence-corrected chi connectivity index (χ4v) is 2.09. The van der Waals surface area contributed by atoms with Crippen molar-refractivity contribution in [1.29, 1.82) is 0 Å². The van der Waals surface area contributed by atoms with Gasteiger partial charge in [-0.2, -0.15) is 0 Å². The monoisotopic (exact) mass is 348 g/mol. The molecule has 0 aliphatic carbocycles. The van der Waals surface area contributed by atoms with Gasteiger partial charge in [0.25, 0.3) is 5.91 Å². The average Bonchev–Trinajstić information content (AvgIpc) is 2.50. The number of carbonyl (C=O) groups is 1. The summed E-state index contributed by atoms with van der Waals surface area (Å²) in [5.74, 6) is 0.401. The van der Waals surface area contributed by atoms with Crippen LogP contribution in [0.5, 0.6) is 0 Å². The maximum atomic E-state index is 12.2. The van der Waals surface area contributed by atoms with Crippen molar-refractivity contribution in [2.45, 2.75) is 20.3 Å². The van der Waals surface area contributed by atoms with Gasteiger partial charge < -0.3 is 10.6 Å². The lowest BCUT2D eigenvalue weighted by Gasteiger charge is -2.09. The average molecular weight is 349 g/mol. The predicted molar refractivity (Wildman–Crippen MR) is 87.6 cm³/mol.